The Labute approximate surface area is 119 Å². The summed E-state index contributed by atoms with van der Waals surface area (Å²) in [6.45, 7) is 15.1. The zero-order valence-electron chi connectivity index (χ0n) is 14.0. The Morgan fingerprint density at radius 2 is 1.32 bits per heavy atom. The topological polar surface area (TPSA) is 18.5 Å². The Bertz CT molecular complexity index is 387. The van der Waals surface area contributed by atoms with Crippen LogP contribution < -0.4 is 9.47 Å². The Balaban J connectivity index is 0.00000154. The van der Waals surface area contributed by atoms with Crippen molar-refractivity contribution in [3.8, 4) is 11.5 Å². The van der Waals surface area contributed by atoms with Gasteiger partial charge in [0.15, 0.2) is 11.5 Å². The van der Waals surface area contributed by atoms with Crippen molar-refractivity contribution in [3.63, 3.8) is 0 Å². The molecule has 0 amide bonds. The van der Waals surface area contributed by atoms with Crippen LogP contribution in [0.5, 0.6) is 11.5 Å². The van der Waals surface area contributed by atoms with Crippen LogP contribution in [0.4, 0.5) is 0 Å². The Kier molecular flexibility index (Phi) is 6.96. The zero-order chi connectivity index (χ0) is 15.2. The first kappa shape index (κ1) is 17.8. The van der Waals surface area contributed by atoms with Crippen LogP contribution >= 0.6 is 0 Å². The summed E-state index contributed by atoms with van der Waals surface area (Å²) < 4.78 is 10.8. The third-order valence-corrected chi connectivity index (χ3v) is 2.99. The molecule has 0 aromatic heterocycles. The summed E-state index contributed by atoms with van der Waals surface area (Å²) in [6, 6.07) is 4.21. The highest BCUT2D eigenvalue weighted by Gasteiger charge is 2.22. The van der Waals surface area contributed by atoms with E-state index in [0.29, 0.717) is 5.92 Å². The van der Waals surface area contributed by atoms with E-state index in [1.807, 2.05) is 13.8 Å². The summed E-state index contributed by atoms with van der Waals surface area (Å²) in [5.74, 6) is 2.09. The van der Waals surface area contributed by atoms with Crippen molar-refractivity contribution < 1.29 is 9.47 Å². The molecule has 2 heteroatoms. The molecule has 0 saturated carbocycles. The Morgan fingerprint density at radius 1 is 0.895 bits per heavy atom. The first-order chi connectivity index (χ1) is 8.81. The third-order valence-electron chi connectivity index (χ3n) is 2.99. The van der Waals surface area contributed by atoms with Crippen molar-refractivity contribution in [1.82, 2.24) is 0 Å². The van der Waals surface area contributed by atoms with Crippen molar-refractivity contribution in [2.45, 2.75) is 59.8 Å². The first-order valence-corrected chi connectivity index (χ1v) is 7.07. The van der Waals surface area contributed by atoms with Crippen molar-refractivity contribution in [2.75, 3.05) is 14.2 Å². The molecule has 110 valence electrons. The lowest BCUT2D eigenvalue weighted by Gasteiger charge is -2.26. The van der Waals surface area contributed by atoms with Gasteiger partial charge in [-0.2, -0.15) is 0 Å². The van der Waals surface area contributed by atoms with Gasteiger partial charge in [0.1, 0.15) is 0 Å². The van der Waals surface area contributed by atoms with Crippen LogP contribution in [0.25, 0.3) is 0 Å². The van der Waals surface area contributed by atoms with Crippen LogP contribution in [0.15, 0.2) is 12.1 Å². The fourth-order valence-corrected chi connectivity index (χ4v) is 2.02. The van der Waals surface area contributed by atoms with E-state index < -0.39 is 0 Å². The molecule has 0 saturated heterocycles. The molecular formula is C17H30O2. The molecule has 0 aliphatic carbocycles. The van der Waals surface area contributed by atoms with Gasteiger partial charge in [-0.25, -0.2) is 0 Å². The summed E-state index contributed by atoms with van der Waals surface area (Å²) >= 11 is 0. The van der Waals surface area contributed by atoms with Crippen molar-refractivity contribution >= 4 is 0 Å². The van der Waals surface area contributed by atoms with E-state index in [1.165, 1.54) is 11.1 Å². The van der Waals surface area contributed by atoms with E-state index in [0.717, 1.165) is 11.5 Å². The molecule has 0 fully saturated rings. The fraction of sp³-hybridized carbons (Fsp3) is 0.647. The normalized spacial score (nSPS) is 10.8. The van der Waals surface area contributed by atoms with E-state index in [4.69, 9.17) is 9.47 Å². The van der Waals surface area contributed by atoms with Gasteiger partial charge in [-0.15, -0.1) is 0 Å². The maximum atomic E-state index is 5.38. The molecule has 0 bridgehead atoms. The predicted molar refractivity (Wildman–Crippen MR) is 83.7 cm³/mol. The second-order valence-electron chi connectivity index (χ2n) is 5.70. The van der Waals surface area contributed by atoms with Gasteiger partial charge in [0, 0.05) is 0 Å². The predicted octanol–water partition coefficient (Wildman–Crippen LogP) is 5.15. The van der Waals surface area contributed by atoms with E-state index in [2.05, 4.69) is 46.8 Å². The summed E-state index contributed by atoms with van der Waals surface area (Å²) in [6.07, 6.45) is 0. The molecule has 0 N–H and O–H groups in total. The molecular weight excluding hydrogens is 236 g/mol. The molecule has 0 heterocycles. The average Bonchev–Trinajstić information content (AvgIpc) is 2.38. The maximum Gasteiger partial charge on any atom is 0.161 e. The van der Waals surface area contributed by atoms with Gasteiger partial charge in [0.25, 0.3) is 0 Å². The number of hydrogen-bond donors (Lipinski definition) is 0. The lowest BCUT2D eigenvalue weighted by atomic mass is 9.80. The lowest BCUT2D eigenvalue weighted by Crippen LogP contribution is -2.15. The van der Waals surface area contributed by atoms with Crippen molar-refractivity contribution in [3.05, 3.63) is 23.3 Å². The number of benzene rings is 1. The van der Waals surface area contributed by atoms with Gasteiger partial charge < -0.3 is 9.47 Å². The van der Waals surface area contributed by atoms with E-state index in [1.54, 1.807) is 14.2 Å². The molecule has 1 aromatic rings. The van der Waals surface area contributed by atoms with Crippen LogP contribution in [0.1, 0.15) is 65.5 Å². The minimum absolute atomic E-state index is 0.110. The SMILES string of the molecule is CC.COc1cc(C(C)C)c(C(C)(C)C)cc1OC. The largest absolute Gasteiger partial charge is 0.493 e. The molecule has 0 unspecified atom stereocenters. The van der Waals surface area contributed by atoms with Crippen molar-refractivity contribution in [1.29, 1.82) is 0 Å². The average molecular weight is 266 g/mol. The Hall–Kier alpha value is -1.18. The maximum absolute atomic E-state index is 5.38. The molecule has 0 aliphatic heterocycles. The number of rotatable bonds is 3. The van der Waals surface area contributed by atoms with Gasteiger partial charge in [-0.3, -0.25) is 0 Å². The second kappa shape index (κ2) is 7.42. The van der Waals surface area contributed by atoms with Gasteiger partial charge in [-0.1, -0.05) is 48.5 Å². The number of ether oxygens (including phenoxy) is 2. The lowest BCUT2D eigenvalue weighted by molar-refractivity contribution is 0.352. The smallest absolute Gasteiger partial charge is 0.161 e. The highest BCUT2D eigenvalue weighted by atomic mass is 16.5. The van der Waals surface area contributed by atoms with Crippen LogP contribution in [0, 0.1) is 0 Å². The molecule has 2 nitrogen and oxygen atoms in total. The van der Waals surface area contributed by atoms with Crippen molar-refractivity contribution in [2.24, 2.45) is 0 Å². The van der Waals surface area contributed by atoms with E-state index in [-0.39, 0.29) is 5.41 Å². The number of methoxy groups -OCH3 is 2. The highest BCUT2D eigenvalue weighted by Crippen LogP contribution is 2.38. The van der Waals surface area contributed by atoms with Crippen LogP contribution in [-0.2, 0) is 5.41 Å². The van der Waals surface area contributed by atoms with Crippen LogP contribution in [0.2, 0.25) is 0 Å². The number of hydrogen-bond acceptors (Lipinski definition) is 2. The first-order valence-electron chi connectivity index (χ1n) is 7.07. The second-order valence-corrected chi connectivity index (χ2v) is 5.70. The monoisotopic (exact) mass is 266 g/mol. The minimum Gasteiger partial charge on any atom is -0.493 e. The molecule has 19 heavy (non-hydrogen) atoms. The molecule has 0 spiro atoms. The summed E-state index contributed by atoms with van der Waals surface area (Å²) in [5.41, 5.74) is 2.76. The Morgan fingerprint density at radius 3 is 1.63 bits per heavy atom. The van der Waals surface area contributed by atoms with E-state index >= 15 is 0 Å². The molecule has 0 radical (unpaired) electrons. The minimum atomic E-state index is 0.110. The molecule has 1 aromatic carbocycles. The van der Waals surface area contributed by atoms with Gasteiger partial charge >= 0.3 is 0 Å². The third kappa shape index (κ3) is 4.45. The van der Waals surface area contributed by atoms with Gasteiger partial charge in [-0.05, 0) is 34.6 Å². The van der Waals surface area contributed by atoms with Crippen LogP contribution in [-0.4, -0.2) is 14.2 Å². The van der Waals surface area contributed by atoms with Crippen LogP contribution in [0.3, 0.4) is 0 Å². The van der Waals surface area contributed by atoms with Gasteiger partial charge in [0.2, 0.25) is 0 Å². The zero-order valence-corrected chi connectivity index (χ0v) is 14.0. The molecule has 1 rings (SSSR count). The highest BCUT2D eigenvalue weighted by molar-refractivity contribution is 5.50. The molecule has 0 atom stereocenters. The van der Waals surface area contributed by atoms with E-state index in [9.17, 15) is 0 Å². The summed E-state index contributed by atoms with van der Waals surface area (Å²) in [4.78, 5) is 0. The summed E-state index contributed by atoms with van der Waals surface area (Å²) in [5, 5.41) is 0. The quantitative estimate of drug-likeness (QED) is 0.753. The summed E-state index contributed by atoms with van der Waals surface area (Å²) in [7, 11) is 3.36. The van der Waals surface area contributed by atoms with Gasteiger partial charge in [0.05, 0.1) is 14.2 Å². The molecule has 0 aliphatic rings. The standard InChI is InChI=1S/C15H24O2.C2H6/c1-10(2)11-8-13(16-6)14(17-7)9-12(11)15(3,4)5;1-2/h8-10H,1-7H3;1-2H3. The fourth-order valence-electron chi connectivity index (χ4n) is 2.02.